The third kappa shape index (κ3) is 3.91. The van der Waals surface area contributed by atoms with Gasteiger partial charge in [-0.15, -0.1) is 0 Å². The molecule has 2 rings (SSSR count). The molecule has 1 N–H and O–H groups in total. The van der Waals surface area contributed by atoms with Crippen molar-refractivity contribution in [1.82, 2.24) is 0 Å². The van der Waals surface area contributed by atoms with Crippen molar-refractivity contribution < 1.29 is 18.7 Å². The van der Waals surface area contributed by atoms with E-state index in [2.05, 4.69) is 5.32 Å². The Morgan fingerprint density at radius 3 is 2.36 bits per heavy atom. The molecule has 2 aromatic rings. The Bertz CT molecular complexity index is 683. The molecular weight excluding hydrogens is 285 g/mol. The number of nitrogens with one attached hydrogen (secondary N) is 1. The van der Waals surface area contributed by atoms with Crippen molar-refractivity contribution in [2.45, 2.75) is 20.0 Å². The summed E-state index contributed by atoms with van der Waals surface area (Å²) >= 11 is 0. The lowest BCUT2D eigenvalue weighted by Crippen LogP contribution is -2.30. The summed E-state index contributed by atoms with van der Waals surface area (Å²) in [4.78, 5) is 23.7. The van der Waals surface area contributed by atoms with E-state index in [4.69, 9.17) is 4.74 Å². The predicted octanol–water partition coefficient (Wildman–Crippen LogP) is 3.43. The summed E-state index contributed by atoms with van der Waals surface area (Å²) in [6.07, 6.45) is -0.787. The zero-order valence-corrected chi connectivity index (χ0v) is 12.3. The number of rotatable bonds is 5. The lowest BCUT2D eigenvalue weighted by atomic mass is 10.1. The average molecular weight is 301 g/mol. The molecule has 4 nitrogen and oxygen atoms in total. The number of amides is 1. The van der Waals surface area contributed by atoms with E-state index in [1.54, 1.807) is 31.2 Å². The molecule has 22 heavy (non-hydrogen) atoms. The Balaban J connectivity index is 2.05. The van der Waals surface area contributed by atoms with Crippen molar-refractivity contribution in [3.63, 3.8) is 0 Å². The smallest absolute Gasteiger partial charge is 0.265 e. The van der Waals surface area contributed by atoms with Gasteiger partial charge in [0, 0.05) is 5.56 Å². The van der Waals surface area contributed by atoms with E-state index in [-0.39, 0.29) is 11.6 Å². The van der Waals surface area contributed by atoms with Gasteiger partial charge in [0.05, 0.1) is 5.69 Å². The number of carbonyl (C=O) groups is 2. The third-order valence-corrected chi connectivity index (χ3v) is 3.06. The molecule has 1 amide bonds. The first-order chi connectivity index (χ1) is 10.5. The summed E-state index contributed by atoms with van der Waals surface area (Å²) in [5.41, 5.74) is 0.874. The minimum atomic E-state index is -0.787. The largest absolute Gasteiger partial charge is 0.481 e. The van der Waals surface area contributed by atoms with Gasteiger partial charge in [0.15, 0.2) is 11.9 Å². The van der Waals surface area contributed by atoms with Gasteiger partial charge in [-0.05, 0) is 50.2 Å². The maximum absolute atomic E-state index is 12.8. The Kier molecular flexibility index (Phi) is 4.88. The fraction of sp³-hybridized carbons (Fsp3) is 0.176. The van der Waals surface area contributed by atoms with Gasteiger partial charge < -0.3 is 10.1 Å². The van der Waals surface area contributed by atoms with E-state index >= 15 is 0 Å². The SMILES string of the molecule is CC(=O)c1ccccc1NC(=O)[C@H](C)Oc1ccc(F)cc1. The number of benzene rings is 2. The molecule has 0 aromatic heterocycles. The summed E-state index contributed by atoms with van der Waals surface area (Å²) in [5.74, 6) is -0.509. The van der Waals surface area contributed by atoms with Crippen molar-refractivity contribution >= 4 is 17.4 Å². The van der Waals surface area contributed by atoms with Gasteiger partial charge in [-0.2, -0.15) is 0 Å². The molecule has 0 aliphatic carbocycles. The molecule has 0 heterocycles. The van der Waals surface area contributed by atoms with Gasteiger partial charge >= 0.3 is 0 Å². The highest BCUT2D eigenvalue weighted by atomic mass is 19.1. The molecule has 0 saturated carbocycles. The standard InChI is InChI=1S/C17H16FNO3/c1-11(20)15-5-3-4-6-16(15)19-17(21)12(2)22-14-9-7-13(18)8-10-14/h3-10,12H,1-2H3,(H,19,21)/t12-/m0/s1. The van der Waals surface area contributed by atoms with Gasteiger partial charge in [0.1, 0.15) is 11.6 Å². The van der Waals surface area contributed by atoms with Crippen LogP contribution in [0.25, 0.3) is 0 Å². The molecule has 114 valence electrons. The highest BCUT2D eigenvalue weighted by Crippen LogP contribution is 2.17. The van der Waals surface area contributed by atoms with E-state index in [0.29, 0.717) is 17.0 Å². The van der Waals surface area contributed by atoms with Crippen LogP contribution in [0, 0.1) is 5.82 Å². The van der Waals surface area contributed by atoms with Crippen LogP contribution in [0.5, 0.6) is 5.75 Å². The van der Waals surface area contributed by atoms with E-state index in [1.165, 1.54) is 31.2 Å². The maximum atomic E-state index is 12.8. The zero-order valence-electron chi connectivity index (χ0n) is 12.3. The summed E-state index contributed by atoms with van der Waals surface area (Å²) in [5, 5.41) is 2.66. The first kappa shape index (κ1) is 15.7. The number of ether oxygens (including phenoxy) is 1. The highest BCUT2D eigenvalue weighted by Gasteiger charge is 2.17. The Labute approximate surface area is 127 Å². The Hall–Kier alpha value is -2.69. The minimum absolute atomic E-state index is 0.136. The van der Waals surface area contributed by atoms with Gasteiger partial charge in [0.2, 0.25) is 0 Å². The number of halogens is 1. The first-order valence-electron chi connectivity index (χ1n) is 6.80. The van der Waals surface area contributed by atoms with Crippen LogP contribution in [0.3, 0.4) is 0 Å². The normalized spacial score (nSPS) is 11.6. The second kappa shape index (κ2) is 6.85. The van der Waals surface area contributed by atoms with E-state index < -0.39 is 12.0 Å². The zero-order chi connectivity index (χ0) is 16.1. The number of ketones is 1. The topological polar surface area (TPSA) is 55.4 Å². The number of para-hydroxylation sites is 1. The van der Waals surface area contributed by atoms with Crippen molar-refractivity contribution in [3.8, 4) is 5.75 Å². The summed E-state index contributed by atoms with van der Waals surface area (Å²) < 4.78 is 18.3. The molecule has 0 aliphatic heterocycles. The quantitative estimate of drug-likeness (QED) is 0.861. The molecule has 0 bridgehead atoms. The van der Waals surface area contributed by atoms with E-state index in [1.807, 2.05) is 0 Å². The number of hydrogen-bond donors (Lipinski definition) is 1. The monoisotopic (exact) mass is 301 g/mol. The number of Topliss-reactive ketones (excluding diaryl/α,β-unsaturated/α-hetero) is 1. The van der Waals surface area contributed by atoms with Crippen molar-refractivity contribution in [3.05, 3.63) is 59.9 Å². The number of carbonyl (C=O) groups excluding carboxylic acids is 2. The van der Waals surface area contributed by atoms with Gasteiger partial charge in [0.25, 0.3) is 5.91 Å². The van der Waals surface area contributed by atoms with Crippen LogP contribution in [0.4, 0.5) is 10.1 Å². The fourth-order valence-electron chi connectivity index (χ4n) is 1.90. The van der Waals surface area contributed by atoms with Crippen LogP contribution < -0.4 is 10.1 Å². The molecule has 0 aliphatic rings. The molecule has 0 fully saturated rings. The number of hydrogen-bond acceptors (Lipinski definition) is 3. The van der Waals surface area contributed by atoms with Gasteiger partial charge in [-0.25, -0.2) is 4.39 Å². The van der Waals surface area contributed by atoms with Crippen molar-refractivity contribution in [2.24, 2.45) is 0 Å². The Morgan fingerprint density at radius 2 is 1.73 bits per heavy atom. The number of anilines is 1. The lowest BCUT2D eigenvalue weighted by molar-refractivity contribution is -0.122. The molecule has 2 aromatic carbocycles. The van der Waals surface area contributed by atoms with Crippen LogP contribution in [0.2, 0.25) is 0 Å². The molecule has 0 saturated heterocycles. The van der Waals surface area contributed by atoms with E-state index in [0.717, 1.165) is 0 Å². The van der Waals surface area contributed by atoms with Crippen LogP contribution >= 0.6 is 0 Å². The molecule has 5 heteroatoms. The molecule has 0 unspecified atom stereocenters. The second-order valence-corrected chi connectivity index (χ2v) is 4.81. The lowest BCUT2D eigenvalue weighted by Gasteiger charge is -2.16. The average Bonchev–Trinajstić information content (AvgIpc) is 2.49. The van der Waals surface area contributed by atoms with Crippen LogP contribution in [0.15, 0.2) is 48.5 Å². The second-order valence-electron chi connectivity index (χ2n) is 4.81. The minimum Gasteiger partial charge on any atom is -0.481 e. The first-order valence-corrected chi connectivity index (χ1v) is 6.80. The Morgan fingerprint density at radius 1 is 1.09 bits per heavy atom. The van der Waals surface area contributed by atoms with Gasteiger partial charge in [-0.1, -0.05) is 12.1 Å². The van der Waals surface area contributed by atoms with E-state index in [9.17, 15) is 14.0 Å². The van der Waals surface area contributed by atoms with Crippen LogP contribution in [-0.2, 0) is 4.79 Å². The summed E-state index contributed by atoms with van der Waals surface area (Å²) in [6, 6.07) is 12.2. The van der Waals surface area contributed by atoms with Crippen molar-refractivity contribution in [1.29, 1.82) is 0 Å². The van der Waals surface area contributed by atoms with Crippen LogP contribution in [-0.4, -0.2) is 17.8 Å². The molecular formula is C17H16FNO3. The molecule has 0 radical (unpaired) electrons. The van der Waals surface area contributed by atoms with Gasteiger partial charge in [-0.3, -0.25) is 9.59 Å². The highest BCUT2D eigenvalue weighted by molar-refractivity contribution is 6.04. The summed E-state index contributed by atoms with van der Waals surface area (Å²) in [7, 11) is 0. The van der Waals surface area contributed by atoms with Crippen molar-refractivity contribution in [2.75, 3.05) is 5.32 Å². The fourth-order valence-corrected chi connectivity index (χ4v) is 1.90. The summed E-state index contributed by atoms with van der Waals surface area (Å²) in [6.45, 7) is 3.01. The molecule has 0 spiro atoms. The third-order valence-electron chi connectivity index (χ3n) is 3.06. The predicted molar refractivity (Wildman–Crippen MR) is 81.6 cm³/mol. The van der Waals surface area contributed by atoms with Crippen LogP contribution in [0.1, 0.15) is 24.2 Å². The molecule has 1 atom stereocenters. The maximum Gasteiger partial charge on any atom is 0.265 e.